The minimum atomic E-state index is -0.543. The number of carbonyl (C=O) groups excluding carboxylic acids is 2. The van der Waals surface area contributed by atoms with E-state index in [0.717, 1.165) is 44.5 Å². The summed E-state index contributed by atoms with van der Waals surface area (Å²) in [5.74, 6) is -0.0686. The van der Waals surface area contributed by atoms with Crippen LogP contribution in [-0.2, 0) is 11.2 Å². The van der Waals surface area contributed by atoms with E-state index in [2.05, 4.69) is 9.97 Å². The molecule has 2 amide bonds. The highest BCUT2D eigenvalue weighted by atomic mass is 35.5. The molecule has 2 rings (SSSR count). The zero-order chi connectivity index (χ0) is 15.2. The highest BCUT2D eigenvalue weighted by Crippen LogP contribution is 2.21. The van der Waals surface area contributed by atoms with E-state index in [1.165, 1.54) is 6.33 Å². The molecule has 0 aliphatic carbocycles. The van der Waals surface area contributed by atoms with E-state index < -0.39 is 5.91 Å². The largest absolute Gasteiger partial charge is 0.364 e. The van der Waals surface area contributed by atoms with Crippen molar-refractivity contribution in [1.82, 2.24) is 14.9 Å². The van der Waals surface area contributed by atoms with Crippen LogP contribution in [0.4, 0.5) is 0 Å². The molecule has 1 unspecified atom stereocenters. The van der Waals surface area contributed by atoms with Crippen LogP contribution in [0.1, 0.15) is 35.4 Å². The first kappa shape index (κ1) is 15.7. The lowest BCUT2D eigenvalue weighted by atomic mass is 9.95. The number of nitrogens with zero attached hydrogens (tertiary/aromatic N) is 3. The second kappa shape index (κ2) is 7.36. The maximum absolute atomic E-state index is 11.6. The van der Waals surface area contributed by atoms with Crippen LogP contribution < -0.4 is 5.73 Å². The average molecular weight is 311 g/mol. The van der Waals surface area contributed by atoms with Crippen molar-refractivity contribution < 1.29 is 9.59 Å². The molecule has 1 aromatic rings. The minimum absolute atomic E-state index is 0.00429. The smallest absolute Gasteiger partial charge is 0.267 e. The number of rotatable bonds is 4. The molecule has 2 heterocycles. The number of nitrogens with two attached hydrogens (primary N) is 1. The predicted molar refractivity (Wildman–Crippen MR) is 78.9 cm³/mol. The predicted octanol–water partition coefficient (Wildman–Crippen LogP) is 0.985. The normalized spacial score (nSPS) is 19.1. The highest BCUT2D eigenvalue weighted by molar-refractivity contribution is 6.27. The SMILES string of the molecule is NC(=O)c1cc(CC2CCCN(C(=O)CCl)CC2)ncn1. The molecule has 0 radical (unpaired) electrons. The maximum Gasteiger partial charge on any atom is 0.267 e. The van der Waals surface area contributed by atoms with Gasteiger partial charge < -0.3 is 10.6 Å². The highest BCUT2D eigenvalue weighted by Gasteiger charge is 2.20. The average Bonchev–Trinajstić information content (AvgIpc) is 2.72. The number of likely N-dealkylation sites (tertiary alicyclic amines) is 1. The van der Waals surface area contributed by atoms with E-state index in [1.807, 2.05) is 4.90 Å². The quantitative estimate of drug-likeness (QED) is 0.840. The molecule has 7 heteroatoms. The Kier molecular flexibility index (Phi) is 5.50. The standard InChI is InChI=1S/C14H19ClN4O2/c15-8-13(20)19-4-1-2-10(3-5-19)6-11-7-12(14(16)21)18-9-17-11/h7,9-10H,1-6,8H2,(H2,16,21). The van der Waals surface area contributed by atoms with Crippen LogP contribution in [0.3, 0.4) is 0 Å². The first-order chi connectivity index (χ1) is 10.1. The maximum atomic E-state index is 11.6. The Hall–Kier alpha value is -1.69. The summed E-state index contributed by atoms with van der Waals surface area (Å²) in [4.78, 5) is 32.6. The number of primary amides is 1. The Balaban J connectivity index is 1.96. The fourth-order valence-electron chi connectivity index (χ4n) is 2.64. The molecular weight excluding hydrogens is 292 g/mol. The first-order valence-electron chi connectivity index (χ1n) is 7.04. The lowest BCUT2D eigenvalue weighted by Crippen LogP contribution is -2.32. The fourth-order valence-corrected chi connectivity index (χ4v) is 2.81. The van der Waals surface area contributed by atoms with Gasteiger partial charge in [0.05, 0.1) is 0 Å². The Morgan fingerprint density at radius 1 is 1.33 bits per heavy atom. The molecular formula is C14H19ClN4O2. The van der Waals surface area contributed by atoms with Crippen molar-refractivity contribution in [2.75, 3.05) is 19.0 Å². The molecule has 1 aliphatic rings. The van der Waals surface area contributed by atoms with E-state index in [-0.39, 0.29) is 17.5 Å². The van der Waals surface area contributed by atoms with Gasteiger partial charge in [0.25, 0.3) is 5.91 Å². The fraction of sp³-hybridized carbons (Fsp3) is 0.571. The summed E-state index contributed by atoms with van der Waals surface area (Å²) in [6.07, 6.45) is 5.04. The molecule has 0 spiro atoms. The van der Waals surface area contributed by atoms with Gasteiger partial charge in [-0.15, -0.1) is 11.6 Å². The Bertz CT molecular complexity index is 523. The third kappa shape index (κ3) is 4.39. The van der Waals surface area contributed by atoms with Crippen LogP contribution in [-0.4, -0.2) is 45.7 Å². The summed E-state index contributed by atoms with van der Waals surface area (Å²) in [6, 6.07) is 1.65. The number of halogens is 1. The van der Waals surface area contributed by atoms with Crippen molar-refractivity contribution in [3.05, 3.63) is 23.8 Å². The van der Waals surface area contributed by atoms with Gasteiger partial charge in [-0.25, -0.2) is 9.97 Å². The molecule has 2 N–H and O–H groups in total. The number of aromatic nitrogens is 2. The molecule has 1 aromatic heterocycles. The van der Waals surface area contributed by atoms with Crippen molar-refractivity contribution in [3.8, 4) is 0 Å². The molecule has 1 atom stereocenters. The van der Waals surface area contributed by atoms with Gasteiger partial charge in [-0.2, -0.15) is 0 Å². The lowest BCUT2D eigenvalue weighted by molar-refractivity contribution is -0.128. The molecule has 0 bridgehead atoms. The number of hydrogen-bond acceptors (Lipinski definition) is 4. The topological polar surface area (TPSA) is 89.2 Å². The lowest BCUT2D eigenvalue weighted by Gasteiger charge is -2.19. The van der Waals surface area contributed by atoms with E-state index in [4.69, 9.17) is 17.3 Å². The van der Waals surface area contributed by atoms with E-state index in [9.17, 15) is 9.59 Å². The second-order valence-electron chi connectivity index (χ2n) is 5.27. The number of hydrogen-bond donors (Lipinski definition) is 1. The van der Waals surface area contributed by atoms with Crippen LogP contribution in [0, 0.1) is 5.92 Å². The summed E-state index contributed by atoms with van der Waals surface area (Å²) in [5.41, 5.74) is 6.29. The van der Waals surface area contributed by atoms with Crippen LogP contribution in [0.2, 0.25) is 0 Å². The van der Waals surface area contributed by atoms with Crippen LogP contribution in [0.15, 0.2) is 12.4 Å². The number of amides is 2. The first-order valence-corrected chi connectivity index (χ1v) is 7.58. The third-order valence-corrected chi connectivity index (χ3v) is 4.02. The van der Waals surface area contributed by atoms with Crippen molar-refractivity contribution in [2.45, 2.75) is 25.7 Å². The molecule has 21 heavy (non-hydrogen) atoms. The van der Waals surface area contributed by atoms with Crippen molar-refractivity contribution >= 4 is 23.4 Å². The van der Waals surface area contributed by atoms with Gasteiger partial charge in [0.2, 0.25) is 5.91 Å². The Morgan fingerprint density at radius 3 is 2.86 bits per heavy atom. The zero-order valence-electron chi connectivity index (χ0n) is 11.8. The Labute approximate surface area is 128 Å². The summed E-state index contributed by atoms with van der Waals surface area (Å²) in [5, 5.41) is 0. The van der Waals surface area contributed by atoms with Gasteiger partial charge in [0, 0.05) is 18.8 Å². The molecule has 6 nitrogen and oxygen atoms in total. The van der Waals surface area contributed by atoms with Crippen LogP contribution >= 0.6 is 11.6 Å². The molecule has 114 valence electrons. The van der Waals surface area contributed by atoms with Crippen molar-refractivity contribution in [3.63, 3.8) is 0 Å². The number of carbonyl (C=O) groups is 2. The van der Waals surface area contributed by atoms with Gasteiger partial charge in [0.15, 0.2) is 0 Å². The number of alkyl halides is 1. The monoisotopic (exact) mass is 310 g/mol. The molecule has 1 fully saturated rings. The van der Waals surface area contributed by atoms with Gasteiger partial charge in [-0.1, -0.05) is 0 Å². The minimum Gasteiger partial charge on any atom is -0.364 e. The molecule has 0 saturated carbocycles. The third-order valence-electron chi connectivity index (χ3n) is 3.79. The molecule has 0 aromatic carbocycles. The van der Waals surface area contributed by atoms with Crippen molar-refractivity contribution in [1.29, 1.82) is 0 Å². The van der Waals surface area contributed by atoms with Gasteiger partial charge >= 0.3 is 0 Å². The van der Waals surface area contributed by atoms with Gasteiger partial charge in [0.1, 0.15) is 17.9 Å². The van der Waals surface area contributed by atoms with Gasteiger partial charge in [-0.3, -0.25) is 9.59 Å². The van der Waals surface area contributed by atoms with E-state index in [0.29, 0.717) is 5.92 Å². The van der Waals surface area contributed by atoms with E-state index >= 15 is 0 Å². The van der Waals surface area contributed by atoms with Crippen molar-refractivity contribution in [2.24, 2.45) is 11.7 Å². The second-order valence-corrected chi connectivity index (χ2v) is 5.54. The van der Waals surface area contributed by atoms with Gasteiger partial charge in [-0.05, 0) is 37.7 Å². The van der Waals surface area contributed by atoms with Crippen LogP contribution in [0.5, 0.6) is 0 Å². The summed E-state index contributed by atoms with van der Waals surface area (Å²) >= 11 is 5.60. The summed E-state index contributed by atoms with van der Waals surface area (Å²) in [6.45, 7) is 1.49. The van der Waals surface area contributed by atoms with Crippen LogP contribution in [0.25, 0.3) is 0 Å². The summed E-state index contributed by atoms with van der Waals surface area (Å²) < 4.78 is 0. The van der Waals surface area contributed by atoms with E-state index in [1.54, 1.807) is 6.07 Å². The summed E-state index contributed by atoms with van der Waals surface area (Å²) in [7, 11) is 0. The Morgan fingerprint density at radius 2 is 2.14 bits per heavy atom. The molecule has 1 saturated heterocycles. The zero-order valence-corrected chi connectivity index (χ0v) is 12.6. The molecule has 1 aliphatic heterocycles.